The predicted octanol–water partition coefficient (Wildman–Crippen LogP) is 5.03. The number of rotatable bonds is 0. The summed E-state index contributed by atoms with van der Waals surface area (Å²) in [5.74, 6) is 0. The molecule has 0 atom stereocenters. The molecule has 0 N–H and O–H groups in total. The first-order valence-corrected chi connectivity index (χ1v) is 6.26. The Bertz CT molecular complexity index is 260. The summed E-state index contributed by atoms with van der Waals surface area (Å²) in [7, 11) is 2.37. The van der Waals surface area contributed by atoms with Gasteiger partial charge in [-0.1, -0.05) is 41.5 Å². The van der Waals surface area contributed by atoms with Crippen LogP contribution in [0.3, 0.4) is 0 Å². The lowest BCUT2D eigenvalue weighted by atomic mass is 9.99. The molecule has 1 nitrogen and oxygen atoms in total. The fourth-order valence-electron chi connectivity index (χ4n) is 0.833. The number of hydrogen-bond donors (Lipinski definition) is 0. The van der Waals surface area contributed by atoms with Gasteiger partial charge in [0.1, 0.15) is 13.9 Å². The monoisotopic (exact) mass is 216 g/mol. The van der Waals surface area contributed by atoms with Crippen LogP contribution in [0.2, 0.25) is 0 Å². The van der Waals surface area contributed by atoms with Crippen LogP contribution in [0, 0.1) is 0 Å². The van der Waals surface area contributed by atoms with Crippen molar-refractivity contribution < 1.29 is 4.20 Å². The molecule has 13 heavy (non-hydrogen) atoms. The van der Waals surface area contributed by atoms with Crippen LogP contribution in [-0.4, -0.2) is 0 Å². The van der Waals surface area contributed by atoms with Gasteiger partial charge >= 0.3 is 0 Å². The van der Waals surface area contributed by atoms with Gasteiger partial charge < -0.3 is 4.20 Å². The summed E-state index contributed by atoms with van der Waals surface area (Å²) in [6.07, 6.45) is 0. The van der Waals surface area contributed by atoms with Crippen molar-refractivity contribution in [3.05, 3.63) is 10.5 Å². The van der Waals surface area contributed by atoms with Crippen LogP contribution in [0.25, 0.3) is 0 Å². The fourth-order valence-corrected chi connectivity index (χ4v) is 3.26. The van der Waals surface area contributed by atoms with E-state index in [1.807, 2.05) is 0 Å². The molecular weight excluding hydrogens is 198 g/mol. The molecule has 1 aromatic rings. The van der Waals surface area contributed by atoms with E-state index >= 15 is 0 Å². The molecule has 0 fully saturated rings. The lowest BCUT2D eigenvalue weighted by molar-refractivity contribution is 0.475. The van der Waals surface area contributed by atoms with E-state index < -0.39 is 0 Å². The van der Waals surface area contributed by atoms with E-state index in [0.29, 0.717) is 0 Å². The van der Waals surface area contributed by atoms with E-state index in [4.69, 9.17) is 4.20 Å². The third-order valence-electron chi connectivity index (χ3n) is 1.74. The van der Waals surface area contributed by atoms with Crippen molar-refractivity contribution >= 4 is 16.6 Å². The third kappa shape index (κ3) is 2.79. The maximum absolute atomic E-state index is 5.70. The Kier molecular flexibility index (Phi) is 2.91. The van der Waals surface area contributed by atoms with E-state index in [0.717, 1.165) is 8.43 Å². The van der Waals surface area contributed by atoms with E-state index in [1.165, 1.54) is 18.7 Å². The second-order valence-electron chi connectivity index (χ2n) is 5.42. The van der Waals surface area contributed by atoms with Crippen LogP contribution in [0.15, 0.2) is 4.20 Å². The molecule has 0 bridgehead atoms. The van der Waals surface area contributed by atoms with Gasteiger partial charge in [0.2, 0.25) is 0 Å². The molecule has 0 saturated carbocycles. The van der Waals surface area contributed by atoms with Gasteiger partial charge in [0.05, 0.1) is 5.03 Å². The average Bonchev–Trinajstić information content (AvgIpc) is 2.28. The molecule has 0 radical (unpaired) electrons. The summed E-state index contributed by atoms with van der Waals surface area (Å²) in [6, 6.07) is 0. The van der Waals surface area contributed by atoms with Gasteiger partial charge in [-0.3, -0.25) is 0 Å². The Labute approximate surface area is 84.2 Å². The first-order chi connectivity index (χ1) is 5.71. The molecule has 0 aromatic carbocycles. The lowest BCUT2D eigenvalue weighted by Gasteiger charge is -2.15. The Morgan fingerprint density at radius 3 is 1.69 bits per heavy atom. The van der Waals surface area contributed by atoms with Gasteiger partial charge in [-0.15, -0.1) is 0 Å². The molecule has 74 valence electrons. The maximum Gasteiger partial charge on any atom is 0.140 e. The van der Waals surface area contributed by atoms with Crippen molar-refractivity contribution in [2.24, 2.45) is 0 Å². The van der Waals surface area contributed by atoms with E-state index in [1.54, 1.807) is 0 Å². The number of hydrogen-bond acceptors (Lipinski definition) is 1. The van der Waals surface area contributed by atoms with Crippen molar-refractivity contribution in [1.82, 2.24) is 0 Å². The molecule has 1 aromatic heterocycles. The summed E-state index contributed by atoms with van der Waals surface area (Å²) in [6.45, 7) is 13.4. The van der Waals surface area contributed by atoms with Crippen LogP contribution < -0.4 is 0 Å². The van der Waals surface area contributed by atoms with E-state index in [-0.39, 0.29) is 10.8 Å². The highest BCUT2D eigenvalue weighted by Gasteiger charge is 2.24. The Hall–Kier alpha value is 0.140. The van der Waals surface area contributed by atoms with E-state index in [9.17, 15) is 0 Å². The zero-order chi connectivity index (χ0) is 10.3. The molecule has 1 heterocycles. The van der Waals surface area contributed by atoms with Crippen molar-refractivity contribution in [2.45, 2.75) is 52.4 Å². The van der Waals surface area contributed by atoms with Crippen molar-refractivity contribution in [3.8, 4) is 0 Å². The molecule has 0 aliphatic heterocycles. The standard InChI is InChI=1S/C10H18OP2/c1-9(2,3)7-11-13-8(12-7)10(4,5)6/h1-6H3. The minimum atomic E-state index is 0.182. The summed E-state index contributed by atoms with van der Waals surface area (Å²) in [5, 5.41) is 1.47. The van der Waals surface area contributed by atoms with Crippen LogP contribution in [0.5, 0.6) is 0 Å². The third-order valence-corrected chi connectivity index (χ3v) is 5.39. The van der Waals surface area contributed by atoms with Crippen molar-refractivity contribution in [2.75, 3.05) is 0 Å². The van der Waals surface area contributed by atoms with Crippen LogP contribution in [0.4, 0.5) is 0 Å². The fraction of sp³-hybridized carbons (Fsp3) is 0.800. The zero-order valence-electron chi connectivity index (χ0n) is 9.30. The first-order valence-electron chi connectivity index (χ1n) is 4.56. The molecule has 0 unspecified atom stereocenters. The maximum atomic E-state index is 5.70. The van der Waals surface area contributed by atoms with Gasteiger partial charge in [0.25, 0.3) is 0 Å². The first kappa shape index (κ1) is 11.2. The highest BCUT2D eigenvalue weighted by molar-refractivity contribution is 7.46. The molecule has 0 spiro atoms. The largest absolute Gasteiger partial charge is 0.438 e. The van der Waals surface area contributed by atoms with Crippen LogP contribution in [0.1, 0.15) is 52.1 Å². The van der Waals surface area contributed by atoms with Gasteiger partial charge in [0, 0.05) is 5.41 Å². The molecule has 0 aliphatic carbocycles. The average molecular weight is 216 g/mol. The predicted molar refractivity (Wildman–Crippen MR) is 61.1 cm³/mol. The molecule has 0 saturated heterocycles. The topological polar surface area (TPSA) is 13.1 Å². The second-order valence-corrected chi connectivity index (χ2v) is 7.67. The SMILES string of the molecule is CC(C)(C)c1opc(C(C)(C)C)p1. The van der Waals surface area contributed by atoms with E-state index in [2.05, 4.69) is 41.5 Å². The second kappa shape index (κ2) is 3.37. The normalized spacial score (nSPS) is 14.6. The summed E-state index contributed by atoms with van der Waals surface area (Å²) < 4.78 is 5.70. The lowest BCUT2D eigenvalue weighted by Crippen LogP contribution is -2.08. The molecular formula is C10H18OP2. The summed E-state index contributed by atoms with van der Waals surface area (Å²) in [4.78, 5) is 0. The highest BCUT2D eigenvalue weighted by atomic mass is 31.1. The van der Waals surface area contributed by atoms with Crippen molar-refractivity contribution in [3.63, 3.8) is 0 Å². The van der Waals surface area contributed by atoms with Gasteiger partial charge in [0.15, 0.2) is 0 Å². The molecule has 0 aliphatic rings. The minimum absolute atomic E-state index is 0.182. The van der Waals surface area contributed by atoms with Gasteiger partial charge in [-0.25, -0.2) is 0 Å². The summed E-state index contributed by atoms with van der Waals surface area (Å²) in [5.41, 5.74) is 1.66. The highest BCUT2D eigenvalue weighted by Crippen LogP contribution is 2.44. The zero-order valence-corrected chi connectivity index (χ0v) is 11.1. The quantitative estimate of drug-likeness (QED) is 0.592. The minimum Gasteiger partial charge on any atom is -0.438 e. The smallest absolute Gasteiger partial charge is 0.140 e. The summed E-state index contributed by atoms with van der Waals surface area (Å²) >= 11 is 0. The van der Waals surface area contributed by atoms with Crippen molar-refractivity contribution in [1.29, 1.82) is 0 Å². The Morgan fingerprint density at radius 1 is 0.923 bits per heavy atom. The molecule has 3 heteroatoms. The Balaban J connectivity index is 3.01. The van der Waals surface area contributed by atoms with Crippen LogP contribution >= 0.6 is 16.6 Å². The van der Waals surface area contributed by atoms with Gasteiger partial charge in [-0.2, -0.15) is 0 Å². The van der Waals surface area contributed by atoms with Gasteiger partial charge in [-0.05, 0) is 13.6 Å². The van der Waals surface area contributed by atoms with Crippen LogP contribution in [-0.2, 0) is 10.8 Å². The molecule has 1 rings (SSSR count). The Morgan fingerprint density at radius 2 is 1.46 bits per heavy atom. The molecule has 0 amide bonds.